The Hall–Kier alpha value is -2.40. The van der Waals surface area contributed by atoms with Crippen molar-refractivity contribution in [3.05, 3.63) is 23.7 Å². The van der Waals surface area contributed by atoms with Crippen LogP contribution in [0.2, 0.25) is 0 Å². The van der Waals surface area contributed by atoms with Gasteiger partial charge in [-0.1, -0.05) is 0 Å². The number of hydrogen-bond donors (Lipinski definition) is 0. The molecule has 0 spiro atoms. The molecule has 66 valence electrons. The standard InChI is InChI=1S/C9H5N5/c1-14-9-6(2-10)4-12-5-7(9)8(3-11)13-14/h4-5H,1H3. The van der Waals surface area contributed by atoms with Crippen LogP contribution in [0.4, 0.5) is 0 Å². The molecule has 2 rings (SSSR count). The lowest BCUT2D eigenvalue weighted by Gasteiger charge is -1.94. The highest BCUT2D eigenvalue weighted by Crippen LogP contribution is 2.18. The third-order valence-electron chi connectivity index (χ3n) is 1.97. The number of aryl methyl sites for hydroxylation is 1. The second-order valence-corrected chi connectivity index (χ2v) is 2.78. The van der Waals surface area contributed by atoms with Gasteiger partial charge < -0.3 is 0 Å². The summed E-state index contributed by atoms with van der Waals surface area (Å²) >= 11 is 0. The van der Waals surface area contributed by atoms with Crippen molar-refractivity contribution in [1.82, 2.24) is 14.8 Å². The highest BCUT2D eigenvalue weighted by Gasteiger charge is 2.11. The number of aromatic nitrogens is 3. The van der Waals surface area contributed by atoms with Crippen molar-refractivity contribution < 1.29 is 0 Å². The summed E-state index contributed by atoms with van der Waals surface area (Å²) in [4.78, 5) is 3.88. The normalized spacial score (nSPS) is 9.64. The third kappa shape index (κ3) is 0.932. The maximum Gasteiger partial charge on any atom is 0.171 e. The molecule has 0 saturated heterocycles. The van der Waals surface area contributed by atoms with Crippen molar-refractivity contribution >= 4 is 10.9 Å². The molecule has 14 heavy (non-hydrogen) atoms. The largest absolute Gasteiger partial charge is 0.265 e. The van der Waals surface area contributed by atoms with Gasteiger partial charge in [-0.2, -0.15) is 15.6 Å². The molecule has 0 saturated carbocycles. The second-order valence-electron chi connectivity index (χ2n) is 2.78. The Morgan fingerprint density at radius 2 is 2.07 bits per heavy atom. The zero-order chi connectivity index (χ0) is 10.1. The quantitative estimate of drug-likeness (QED) is 0.602. The molecular formula is C9H5N5. The Morgan fingerprint density at radius 1 is 1.29 bits per heavy atom. The summed E-state index contributed by atoms with van der Waals surface area (Å²) in [6.07, 6.45) is 3.01. The molecule has 0 amide bonds. The van der Waals surface area contributed by atoms with E-state index >= 15 is 0 Å². The van der Waals surface area contributed by atoms with Crippen LogP contribution in [0.15, 0.2) is 12.4 Å². The molecule has 0 aromatic carbocycles. The van der Waals surface area contributed by atoms with Gasteiger partial charge in [-0.05, 0) is 0 Å². The molecule has 0 aliphatic rings. The van der Waals surface area contributed by atoms with Crippen LogP contribution in [0.1, 0.15) is 11.3 Å². The van der Waals surface area contributed by atoms with Gasteiger partial charge in [-0.15, -0.1) is 0 Å². The summed E-state index contributed by atoms with van der Waals surface area (Å²) in [7, 11) is 1.70. The first-order valence-corrected chi connectivity index (χ1v) is 3.89. The fourth-order valence-corrected chi connectivity index (χ4v) is 1.39. The van der Waals surface area contributed by atoms with E-state index in [0.29, 0.717) is 22.2 Å². The number of nitriles is 2. The van der Waals surface area contributed by atoms with E-state index in [0.717, 1.165) is 0 Å². The molecule has 2 aromatic heterocycles. The molecule has 2 heterocycles. The minimum absolute atomic E-state index is 0.298. The van der Waals surface area contributed by atoms with Crippen molar-refractivity contribution in [3.63, 3.8) is 0 Å². The van der Waals surface area contributed by atoms with Gasteiger partial charge in [-0.25, -0.2) is 0 Å². The lowest BCUT2D eigenvalue weighted by Crippen LogP contribution is -1.92. The molecule has 0 fully saturated rings. The van der Waals surface area contributed by atoms with Crippen molar-refractivity contribution in [2.45, 2.75) is 0 Å². The van der Waals surface area contributed by atoms with Crippen molar-refractivity contribution in [3.8, 4) is 12.1 Å². The van der Waals surface area contributed by atoms with Gasteiger partial charge >= 0.3 is 0 Å². The van der Waals surface area contributed by atoms with Crippen LogP contribution in [0.5, 0.6) is 0 Å². The Balaban J connectivity index is 2.99. The fraction of sp³-hybridized carbons (Fsp3) is 0.111. The zero-order valence-electron chi connectivity index (χ0n) is 7.39. The molecule has 0 radical (unpaired) electrons. The first-order chi connectivity index (χ1) is 6.77. The van der Waals surface area contributed by atoms with Gasteiger partial charge in [-0.3, -0.25) is 9.67 Å². The predicted octanol–water partition coefficient (Wildman–Crippen LogP) is 0.712. The Bertz CT molecular complexity index is 581. The number of pyridine rings is 1. The van der Waals surface area contributed by atoms with Crippen LogP contribution in [-0.2, 0) is 7.05 Å². The van der Waals surface area contributed by atoms with Gasteiger partial charge in [0.25, 0.3) is 0 Å². The van der Waals surface area contributed by atoms with Crippen LogP contribution in [0, 0.1) is 22.7 Å². The van der Waals surface area contributed by atoms with E-state index in [-0.39, 0.29) is 0 Å². The summed E-state index contributed by atoms with van der Waals surface area (Å²) in [5.74, 6) is 0. The van der Waals surface area contributed by atoms with Crippen LogP contribution >= 0.6 is 0 Å². The van der Waals surface area contributed by atoms with E-state index in [1.54, 1.807) is 13.2 Å². The molecule has 0 N–H and O–H groups in total. The molecule has 5 nitrogen and oxygen atoms in total. The predicted molar refractivity (Wildman–Crippen MR) is 47.9 cm³/mol. The minimum Gasteiger partial charge on any atom is -0.265 e. The molecule has 2 aromatic rings. The summed E-state index contributed by atoms with van der Waals surface area (Å²) in [6, 6.07) is 3.98. The van der Waals surface area contributed by atoms with Gasteiger partial charge in [0.05, 0.1) is 16.5 Å². The van der Waals surface area contributed by atoms with Crippen molar-refractivity contribution in [2.24, 2.45) is 7.05 Å². The van der Waals surface area contributed by atoms with E-state index in [1.807, 2.05) is 12.1 Å². The Labute approximate surface area is 79.8 Å². The van der Waals surface area contributed by atoms with Crippen LogP contribution in [0.25, 0.3) is 10.9 Å². The topological polar surface area (TPSA) is 78.3 Å². The summed E-state index contributed by atoms with van der Waals surface area (Å²) in [5.41, 5.74) is 1.38. The first-order valence-electron chi connectivity index (χ1n) is 3.89. The van der Waals surface area contributed by atoms with E-state index in [1.165, 1.54) is 10.9 Å². The minimum atomic E-state index is 0.298. The molecule has 0 bridgehead atoms. The third-order valence-corrected chi connectivity index (χ3v) is 1.97. The van der Waals surface area contributed by atoms with E-state index in [9.17, 15) is 0 Å². The molecule has 0 aliphatic heterocycles. The lowest BCUT2D eigenvalue weighted by atomic mass is 10.2. The summed E-state index contributed by atoms with van der Waals surface area (Å²) in [6.45, 7) is 0. The average Bonchev–Trinajstić information content (AvgIpc) is 2.55. The highest BCUT2D eigenvalue weighted by atomic mass is 15.3. The van der Waals surface area contributed by atoms with Crippen molar-refractivity contribution in [1.29, 1.82) is 10.5 Å². The number of hydrogen-bond acceptors (Lipinski definition) is 4. The van der Waals surface area contributed by atoms with Gasteiger partial charge in [0.1, 0.15) is 12.1 Å². The lowest BCUT2D eigenvalue weighted by molar-refractivity contribution is 0.790. The van der Waals surface area contributed by atoms with Crippen molar-refractivity contribution in [2.75, 3.05) is 0 Å². The zero-order valence-corrected chi connectivity index (χ0v) is 7.39. The molecule has 0 aliphatic carbocycles. The molecule has 5 heteroatoms. The van der Waals surface area contributed by atoms with E-state index in [4.69, 9.17) is 10.5 Å². The van der Waals surface area contributed by atoms with Gasteiger partial charge in [0.2, 0.25) is 0 Å². The average molecular weight is 183 g/mol. The maximum absolute atomic E-state index is 8.83. The maximum atomic E-state index is 8.83. The molecule has 0 unspecified atom stereocenters. The van der Waals surface area contributed by atoms with Gasteiger partial charge in [0, 0.05) is 19.4 Å². The summed E-state index contributed by atoms with van der Waals surface area (Å²) < 4.78 is 1.52. The highest BCUT2D eigenvalue weighted by molar-refractivity contribution is 5.87. The van der Waals surface area contributed by atoms with Crippen LogP contribution < -0.4 is 0 Å². The summed E-state index contributed by atoms with van der Waals surface area (Å²) in [5, 5.41) is 22.2. The molecule has 0 atom stereocenters. The van der Waals surface area contributed by atoms with Crippen LogP contribution in [-0.4, -0.2) is 14.8 Å². The number of rotatable bonds is 0. The van der Waals surface area contributed by atoms with E-state index in [2.05, 4.69) is 10.1 Å². The SMILES string of the molecule is Cn1nc(C#N)c2cncc(C#N)c21. The second kappa shape index (κ2) is 2.82. The monoisotopic (exact) mass is 183 g/mol. The fourth-order valence-electron chi connectivity index (χ4n) is 1.39. The number of nitrogens with zero attached hydrogens (tertiary/aromatic N) is 5. The Morgan fingerprint density at radius 3 is 2.71 bits per heavy atom. The smallest absolute Gasteiger partial charge is 0.171 e. The van der Waals surface area contributed by atoms with Gasteiger partial charge in [0.15, 0.2) is 5.69 Å². The van der Waals surface area contributed by atoms with Crippen LogP contribution in [0.3, 0.4) is 0 Å². The molecular weight excluding hydrogens is 178 g/mol. The number of fused-ring (bicyclic) bond motifs is 1. The van der Waals surface area contributed by atoms with E-state index < -0.39 is 0 Å². The first kappa shape index (κ1) is 8.21. The Kier molecular flexibility index (Phi) is 1.66.